The summed E-state index contributed by atoms with van der Waals surface area (Å²) < 4.78 is 3.05. The molecule has 3 rings (SSSR count). The lowest BCUT2D eigenvalue weighted by atomic mass is 10.1. The SMILES string of the molecule is Cc1nc(-c2c[nH]c3ccccc23)c(Br)n1C. The number of benzene rings is 1. The molecule has 0 bridgehead atoms. The normalized spacial score (nSPS) is 11.2. The quantitative estimate of drug-likeness (QED) is 0.729. The average Bonchev–Trinajstić information content (AvgIpc) is 2.86. The first-order valence-electron chi connectivity index (χ1n) is 5.44. The Kier molecular flexibility index (Phi) is 2.33. The summed E-state index contributed by atoms with van der Waals surface area (Å²) in [5.41, 5.74) is 3.26. The number of H-pyrrole nitrogens is 1. The second-order valence-corrected chi connectivity index (χ2v) is 4.86. The Balaban J connectivity index is 2.31. The largest absolute Gasteiger partial charge is 0.360 e. The monoisotopic (exact) mass is 289 g/mol. The van der Waals surface area contributed by atoms with Gasteiger partial charge in [-0.1, -0.05) is 18.2 Å². The molecule has 17 heavy (non-hydrogen) atoms. The summed E-state index contributed by atoms with van der Waals surface area (Å²) in [6.45, 7) is 2.00. The van der Waals surface area contributed by atoms with Crippen LogP contribution in [0.15, 0.2) is 35.1 Å². The van der Waals surface area contributed by atoms with Crippen LogP contribution in [0.4, 0.5) is 0 Å². The van der Waals surface area contributed by atoms with E-state index in [2.05, 4.69) is 38.0 Å². The number of fused-ring (bicyclic) bond motifs is 1. The molecule has 1 N–H and O–H groups in total. The van der Waals surface area contributed by atoms with Crippen LogP contribution in [0, 0.1) is 6.92 Å². The number of aromatic amines is 1. The second kappa shape index (κ2) is 3.74. The molecule has 1 aromatic carbocycles. The molecule has 0 aliphatic rings. The summed E-state index contributed by atoms with van der Waals surface area (Å²) in [7, 11) is 2.00. The topological polar surface area (TPSA) is 33.6 Å². The van der Waals surface area contributed by atoms with Crippen LogP contribution < -0.4 is 0 Å². The lowest BCUT2D eigenvalue weighted by Crippen LogP contribution is -1.89. The molecule has 0 saturated carbocycles. The Labute approximate surface area is 108 Å². The van der Waals surface area contributed by atoms with Gasteiger partial charge in [0, 0.05) is 29.7 Å². The third-order valence-corrected chi connectivity index (χ3v) is 4.00. The van der Waals surface area contributed by atoms with Gasteiger partial charge in [-0.15, -0.1) is 0 Å². The Hall–Kier alpha value is -1.55. The van der Waals surface area contributed by atoms with E-state index >= 15 is 0 Å². The fraction of sp³-hybridized carbons (Fsp3) is 0.154. The zero-order valence-electron chi connectivity index (χ0n) is 9.66. The predicted molar refractivity (Wildman–Crippen MR) is 72.9 cm³/mol. The van der Waals surface area contributed by atoms with Gasteiger partial charge in [-0.25, -0.2) is 4.98 Å². The van der Waals surface area contributed by atoms with Crippen molar-refractivity contribution in [2.45, 2.75) is 6.92 Å². The molecule has 3 aromatic rings. The van der Waals surface area contributed by atoms with Gasteiger partial charge in [-0.05, 0) is 28.9 Å². The lowest BCUT2D eigenvalue weighted by molar-refractivity contribution is 0.840. The first kappa shape index (κ1) is 10.6. The molecule has 4 heteroatoms. The van der Waals surface area contributed by atoms with Crippen molar-refractivity contribution in [3.8, 4) is 11.3 Å². The standard InChI is InChI=1S/C13H12BrN3/c1-8-16-12(13(14)17(8)2)10-7-15-11-6-4-3-5-9(10)11/h3-7,15H,1-2H3. The highest BCUT2D eigenvalue weighted by Gasteiger charge is 2.14. The minimum absolute atomic E-state index is 0.988. The summed E-state index contributed by atoms with van der Waals surface area (Å²) in [5.74, 6) is 0.997. The van der Waals surface area contributed by atoms with Gasteiger partial charge in [0.25, 0.3) is 0 Å². The summed E-state index contributed by atoms with van der Waals surface area (Å²) in [6, 6.07) is 8.25. The smallest absolute Gasteiger partial charge is 0.112 e. The first-order valence-corrected chi connectivity index (χ1v) is 6.23. The van der Waals surface area contributed by atoms with Crippen molar-refractivity contribution in [3.05, 3.63) is 40.9 Å². The fourth-order valence-corrected chi connectivity index (χ4v) is 2.58. The van der Waals surface area contributed by atoms with E-state index in [1.165, 1.54) is 5.39 Å². The number of nitrogens with zero attached hydrogens (tertiary/aromatic N) is 2. The number of rotatable bonds is 1. The van der Waals surface area contributed by atoms with Gasteiger partial charge in [0.1, 0.15) is 16.1 Å². The maximum absolute atomic E-state index is 4.60. The zero-order valence-corrected chi connectivity index (χ0v) is 11.2. The van der Waals surface area contributed by atoms with Gasteiger partial charge in [-0.2, -0.15) is 0 Å². The Bertz CT molecular complexity index is 694. The summed E-state index contributed by atoms with van der Waals surface area (Å²) >= 11 is 3.59. The minimum Gasteiger partial charge on any atom is -0.360 e. The van der Waals surface area contributed by atoms with Gasteiger partial charge in [0.2, 0.25) is 0 Å². The molecule has 0 saturated heterocycles. The number of aryl methyl sites for hydroxylation is 1. The number of halogens is 1. The van der Waals surface area contributed by atoms with Crippen molar-refractivity contribution in [1.82, 2.24) is 14.5 Å². The van der Waals surface area contributed by atoms with Crippen LogP contribution >= 0.6 is 15.9 Å². The molecule has 0 fully saturated rings. The molecule has 0 spiro atoms. The van der Waals surface area contributed by atoms with E-state index in [4.69, 9.17) is 0 Å². The molecule has 0 amide bonds. The fourth-order valence-electron chi connectivity index (χ4n) is 2.02. The highest BCUT2D eigenvalue weighted by atomic mass is 79.9. The zero-order chi connectivity index (χ0) is 12.0. The Morgan fingerprint density at radius 1 is 1.29 bits per heavy atom. The van der Waals surface area contributed by atoms with Crippen LogP contribution in [-0.2, 0) is 7.05 Å². The first-order chi connectivity index (χ1) is 8.18. The van der Waals surface area contributed by atoms with Gasteiger partial charge in [0.15, 0.2) is 0 Å². The van der Waals surface area contributed by atoms with E-state index in [0.29, 0.717) is 0 Å². The van der Waals surface area contributed by atoms with Crippen LogP contribution in [0.25, 0.3) is 22.2 Å². The molecule has 2 aromatic heterocycles. The van der Waals surface area contributed by atoms with Crippen LogP contribution in [0.3, 0.4) is 0 Å². The number of para-hydroxylation sites is 1. The maximum Gasteiger partial charge on any atom is 0.112 e. The van der Waals surface area contributed by atoms with E-state index in [1.807, 2.05) is 36.9 Å². The average molecular weight is 290 g/mol. The molecule has 2 heterocycles. The van der Waals surface area contributed by atoms with Gasteiger partial charge < -0.3 is 9.55 Å². The van der Waals surface area contributed by atoms with Crippen LogP contribution in [0.2, 0.25) is 0 Å². The predicted octanol–water partition coefficient (Wildman–Crippen LogP) is 3.64. The molecular formula is C13H12BrN3. The number of nitrogens with one attached hydrogen (secondary N) is 1. The third kappa shape index (κ3) is 1.52. The Morgan fingerprint density at radius 2 is 2.06 bits per heavy atom. The molecule has 0 unspecified atom stereocenters. The summed E-state index contributed by atoms with van der Waals surface area (Å²) in [5, 5.41) is 1.20. The minimum atomic E-state index is 0.988. The van der Waals surface area contributed by atoms with E-state index < -0.39 is 0 Å². The van der Waals surface area contributed by atoms with E-state index in [1.54, 1.807) is 0 Å². The van der Waals surface area contributed by atoms with Gasteiger partial charge in [0.05, 0.1) is 0 Å². The molecule has 3 nitrogen and oxygen atoms in total. The van der Waals surface area contributed by atoms with Crippen molar-refractivity contribution in [2.75, 3.05) is 0 Å². The molecular weight excluding hydrogens is 278 g/mol. The van der Waals surface area contributed by atoms with Crippen molar-refractivity contribution >= 4 is 26.8 Å². The molecule has 0 aliphatic heterocycles. The van der Waals surface area contributed by atoms with Crippen molar-refractivity contribution in [3.63, 3.8) is 0 Å². The van der Waals surface area contributed by atoms with E-state index in [9.17, 15) is 0 Å². The van der Waals surface area contributed by atoms with Gasteiger partial charge in [-0.3, -0.25) is 0 Å². The maximum atomic E-state index is 4.60. The number of hydrogen-bond donors (Lipinski definition) is 1. The molecule has 0 atom stereocenters. The van der Waals surface area contributed by atoms with Crippen molar-refractivity contribution in [2.24, 2.45) is 7.05 Å². The summed E-state index contributed by atoms with van der Waals surface area (Å²) in [4.78, 5) is 7.87. The number of imidazole rings is 1. The van der Waals surface area contributed by atoms with Crippen LogP contribution in [-0.4, -0.2) is 14.5 Å². The highest BCUT2D eigenvalue weighted by Crippen LogP contribution is 2.33. The van der Waals surface area contributed by atoms with Crippen LogP contribution in [0.5, 0.6) is 0 Å². The molecule has 0 radical (unpaired) electrons. The summed E-state index contributed by atoms with van der Waals surface area (Å²) in [6.07, 6.45) is 2.01. The Morgan fingerprint density at radius 3 is 2.76 bits per heavy atom. The molecule has 0 aliphatic carbocycles. The lowest BCUT2D eigenvalue weighted by Gasteiger charge is -1.97. The van der Waals surface area contributed by atoms with Gasteiger partial charge >= 0.3 is 0 Å². The van der Waals surface area contributed by atoms with Crippen molar-refractivity contribution in [1.29, 1.82) is 0 Å². The van der Waals surface area contributed by atoms with E-state index in [-0.39, 0.29) is 0 Å². The third-order valence-electron chi connectivity index (χ3n) is 3.09. The van der Waals surface area contributed by atoms with Crippen molar-refractivity contribution < 1.29 is 0 Å². The highest BCUT2D eigenvalue weighted by molar-refractivity contribution is 9.10. The number of aromatic nitrogens is 3. The second-order valence-electron chi connectivity index (χ2n) is 4.11. The molecule has 86 valence electrons. The van der Waals surface area contributed by atoms with Crippen LogP contribution in [0.1, 0.15) is 5.82 Å². The van der Waals surface area contributed by atoms with E-state index in [0.717, 1.165) is 27.2 Å². The number of hydrogen-bond acceptors (Lipinski definition) is 1.